The zero-order valence-electron chi connectivity index (χ0n) is 15.9. The molecule has 0 saturated carbocycles. The quantitative estimate of drug-likeness (QED) is 0.344. The molecule has 6 nitrogen and oxygen atoms in total. The zero-order valence-corrected chi connectivity index (χ0v) is 17.4. The van der Waals surface area contributed by atoms with E-state index in [9.17, 15) is 28.1 Å². The van der Waals surface area contributed by atoms with Gasteiger partial charge in [-0.05, 0) is 29.8 Å². The van der Waals surface area contributed by atoms with E-state index in [1.807, 2.05) is 0 Å². The predicted molar refractivity (Wildman–Crippen MR) is 112 cm³/mol. The summed E-state index contributed by atoms with van der Waals surface area (Å²) in [7, 11) is 0. The average Bonchev–Trinajstić information content (AvgIpc) is 2.72. The molecule has 31 heavy (non-hydrogen) atoms. The molecular formula is C20H16Cl2F3N3O3. The number of piperazine rings is 1. The molecule has 0 aliphatic carbocycles. The topological polar surface area (TPSA) is 66.7 Å². The van der Waals surface area contributed by atoms with Crippen molar-refractivity contribution in [3.63, 3.8) is 0 Å². The van der Waals surface area contributed by atoms with Crippen molar-refractivity contribution < 1.29 is 22.9 Å². The molecule has 1 heterocycles. The molecular weight excluding hydrogens is 458 g/mol. The van der Waals surface area contributed by atoms with Crippen LogP contribution in [0.2, 0.25) is 10.0 Å². The summed E-state index contributed by atoms with van der Waals surface area (Å²) >= 11 is 11.9. The third kappa shape index (κ3) is 5.48. The normalized spacial score (nSPS) is 14.9. The lowest BCUT2D eigenvalue weighted by Gasteiger charge is -2.36. The van der Waals surface area contributed by atoms with Gasteiger partial charge >= 0.3 is 6.18 Å². The first-order valence-electron chi connectivity index (χ1n) is 9.09. The van der Waals surface area contributed by atoms with Crippen molar-refractivity contribution in [2.45, 2.75) is 6.18 Å². The van der Waals surface area contributed by atoms with Crippen LogP contribution in [0.1, 0.15) is 11.1 Å². The lowest BCUT2D eigenvalue weighted by molar-refractivity contribution is -0.385. The van der Waals surface area contributed by atoms with Crippen molar-refractivity contribution >= 4 is 46.6 Å². The molecule has 1 amide bonds. The summed E-state index contributed by atoms with van der Waals surface area (Å²) in [5.74, 6) is -0.301. The van der Waals surface area contributed by atoms with E-state index < -0.39 is 22.4 Å². The second-order valence-electron chi connectivity index (χ2n) is 6.77. The fourth-order valence-electron chi connectivity index (χ4n) is 3.21. The fourth-order valence-corrected chi connectivity index (χ4v) is 3.68. The highest BCUT2D eigenvalue weighted by Gasteiger charge is 2.37. The zero-order chi connectivity index (χ0) is 22.8. The van der Waals surface area contributed by atoms with Gasteiger partial charge < -0.3 is 9.80 Å². The molecule has 11 heteroatoms. The van der Waals surface area contributed by atoms with Gasteiger partial charge in [0.25, 0.3) is 5.69 Å². The molecule has 0 radical (unpaired) electrons. The van der Waals surface area contributed by atoms with Gasteiger partial charge in [0.15, 0.2) is 0 Å². The number of nitrogens with zero attached hydrogens (tertiary/aromatic N) is 3. The van der Waals surface area contributed by atoms with E-state index in [-0.39, 0.29) is 37.8 Å². The first kappa shape index (κ1) is 22.9. The third-order valence-corrected chi connectivity index (χ3v) is 5.36. The number of rotatable bonds is 4. The predicted octanol–water partition coefficient (Wildman–Crippen LogP) is 5.28. The molecule has 0 spiro atoms. The Bertz CT molecular complexity index is 1040. The van der Waals surface area contributed by atoms with Crippen molar-refractivity contribution in [1.82, 2.24) is 4.90 Å². The smallest absolute Gasteiger partial charge is 0.367 e. The van der Waals surface area contributed by atoms with Gasteiger partial charge in [-0.1, -0.05) is 29.3 Å². The van der Waals surface area contributed by atoms with Crippen LogP contribution >= 0.6 is 23.2 Å². The van der Waals surface area contributed by atoms with E-state index in [4.69, 9.17) is 23.2 Å². The molecule has 0 atom stereocenters. The van der Waals surface area contributed by atoms with E-state index >= 15 is 0 Å². The van der Waals surface area contributed by atoms with E-state index in [0.29, 0.717) is 21.7 Å². The maximum atomic E-state index is 13.4. The van der Waals surface area contributed by atoms with Crippen LogP contribution in [0.4, 0.5) is 24.5 Å². The molecule has 1 aliphatic heterocycles. The first-order valence-corrected chi connectivity index (χ1v) is 9.84. The number of nitro groups is 1. The first-order chi connectivity index (χ1) is 14.6. The van der Waals surface area contributed by atoms with Crippen molar-refractivity contribution in [3.8, 4) is 0 Å². The van der Waals surface area contributed by atoms with Gasteiger partial charge in [-0.15, -0.1) is 0 Å². The van der Waals surface area contributed by atoms with Gasteiger partial charge in [0.1, 0.15) is 0 Å². The minimum absolute atomic E-state index is 0.145. The van der Waals surface area contributed by atoms with Crippen LogP contribution in [0.15, 0.2) is 42.5 Å². The van der Waals surface area contributed by atoms with Gasteiger partial charge in [-0.25, -0.2) is 0 Å². The SMILES string of the molecule is O=C(C=Cc1ccc(Cl)cc1Cl)N1CCN(c2ccc([N+](=O)[O-])cc2C(F)(F)F)CC1. The van der Waals surface area contributed by atoms with Crippen LogP contribution in [0.25, 0.3) is 6.08 Å². The summed E-state index contributed by atoms with van der Waals surface area (Å²) in [6.07, 6.45) is -1.85. The molecule has 0 bridgehead atoms. The summed E-state index contributed by atoms with van der Waals surface area (Å²) < 4.78 is 40.3. The Morgan fingerprint density at radius 2 is 1.74 bits per heavy atom. The number of alkyl halides is 3. The number of carbonyl (C=O) groups is 1. The van der Waals surface area contributed by atoms with Crippen molar-refractivity contribution in [2.75, 3.05) is 31.1 Å². The summed E-state index contributed by atoms with van der Waals surface area (Å²) in [5.41, 5.74) is -1.23. The molecule has 1 fully saturated rings. The molecule has 1 aliphatic rings. The van der Waals surface area contributed by atoms with Crippen LogP contribution in [0.5, 0.6) is 0 Å². The molecule has 2 aromatic carbocycles. The van der Waals surface area contributed by atoms with Crippen molar-refractivity contribution in [3.05, 3.63) is 73.8 Å². The Kier molecular flexibility index (Phi) is 6.76. The van der Waals surface area contributed by atoms with Gasteiger partial charge in [0.2, 0.25) is 5.91 Å². The molecule has 2 aromatic rings. The molecule has 0 unspecified atom stereocenters. The monoisotopic (exact) mass is 473 g/mol. The number of non-ortho nitro benzene ring substituents is 1. The van der Waals surface area contributed by atoms with Crippen LogP contribution in [-0.4, -0.2) is 41.9 Å². The van der Waals surface area contributed by atoms with Crippen LogP contribution in [0.3, 0.4) is 0 Å². The summed E-state index contributed by atoms with van der Waals surface area (Å²) in [6, 6.07) is 7.53. The number of anilines is 1. The fraction of sp³-hybridized carbons (Fsp3) is 0.250. The van der Waals surface area contributed by atoms with Crippen LogP contribution < -0.4 is 4.90 Å². The highest BCUT2D eigenvalue weighted by atomic mass is 35.5. The number of hydrogen-bond donors (Lipinski definition) is 0. The second-order valence-corrected chi connectivity index (χ2v) is 7.61. The number of carbonyl (C=O) groups excluding carboxylic acids is 1. The van der Waals surface area contributed by atoms with E-state index in [2.05, 4.69) is 0 Å². The molecule has 0 N–H and O–H groups in total. The highest BCUT2D eigenvalue weighted by molar-refractivity contribution is 6.35. The third-order valence-electron chi connectivity index (χ3n) is 4.80. The Hall–Kier alpha value is -2.78. The van der Waals surface area contributed by atoms with Crippen molar-refractivity contribution in [2.24, 2.45) is 0 Å². The number of nitro benzene ring substituents is 1. The van der Waals surface area contributed by atoms with Gasteiger partial charge in [0.05, 0.1) is 10.5 Å². The molecule has 3 rings (SSSR count). The van der Waals surface area contributed by atoms with E-state index in [1.54, 1.807) is 24.3 Å². The van der Waals surface area contributed by atoms with Gasteiger partial charge in [-0.2, -0.15) is 13.2 Å². The highest BCUT2D eigenvalue weighted by Crippen LogP contribution is 2.39. The summed E-state index contributed by atoms with van der Waals surface area (Å²) in [4.78, 5) is 25.4. The number of hydrogen-bond acceptors (Lipinski definition) is 4. The second kappa shape index (κ2) is 9.15. The largest absolute Gasteiger partial charge is 0.418 e. The summed E-state index contributed by atoms with van der Waals surface area (Å²) in [6.45, 7) is 0.710. The maximum Gasteiger partial charge on any atom is 0.418 e. The Morgan fingerprint density at radius 3 is 2.32 bits per heavy atom. The number of amides is 1. The lowest BCUT2D eigenvalue weighted by atomic mass is 10.1. The molecule has 1 saturated heterocycles. The number of halogens is 5. The average molecular weight is 474 g/mol. The van der Waals surface area contributed by atoms with Crippen LogP contribution in [-0.2, 0) is 11.0 Å². The van der Waals surface area contributed by atoms with E-state index in [1.165, 1.54) is 15.9 Å². The van der Waals surface area contributed by atoms with Gasteiger partial charge in [0, 0.05) is 60.1 Å². The Morgan fingerprint density at radius 1 is 1.06 bits per heavy atom. The van der Waals surface area contributed by atoms with Gasteiger partial charge in [-0.3, -0.25) is 14.9 Å². The summed E-state index contributed by atoms with van der Waals surface area (Å²) in [5, 5.41) is 11.7. The van der Waals surface area contributed by atoms with Crippen molar-refractivity contribution in [1.29, 1.82) is 0 Å². The minimum atomic E-state index is -4.74. The lowest BCUT2D eigenvalue weighted by Crippen LogP contribution is -2.48. The standard InChI is InChI=1S/C20H16Cl2F3N3O3/c21-14-3-1-13(17(22)11-14)2-6-19(29)27-9-7-26(8-10-27)18-5-4-15(28(30)31)12-16(18)20(23,24)25/h1-6,11-12H,7-10H2. The number of benzene rings is 2. The van der Waals surface area contributed by atoms with Crippen LogP contribution in [0, 0.1) is 10.1 Å². The molecule has 164 valence electrons. The maximum absolute atomic E-state index is 13.4. The Labute approximate surface area is 185 Å². The molecule has 0 aromatic heterocycles. The van der Waals surface area contributed by atoms with E-state index in [0.717, 1.165) is 12.1 Å². The minimum Gasteiger partial charge on any atom is -0.367 e. The Balaban J connectivity index is 1.70.